The van der Waals surface area contributed by atoms with Gasteiger partial charge in [-0.15, -0.1) is 0 Å². The summed E-state index contributed by atoms with van der Waals surface area (Å²) in [4.78, 5) is 28.5. The fourth-order valence-electron chi connectivity index (χ4n) is 4.04. The van der Waals surface area contributed by atoms with Crippen molar-refractivity contribution >= 4 is 27.5 Å². The zero-order valence-corrected chi connectivity index (χ0v) is 23.9. The summed E-state index contributed by atoms with van der Waals surface area (Å²) in [6.07, 6.45) is 0. The average molecular weight is 552 g/mol. The van der Waals surface area contributed by atoms with Crippen LogP contribution in [0, 0.1) is 12.8 Å². The minimum Gasteiger partial charge on any atom is -0.495 e. The Bertz CT molecular complexity index is 1360. The maximum Gasteiger partial charge on any atom is 0.264 e. The van der Waals surface area contributed by atoms with Gasteiger partial charge in [0.25, 0.3) is 10.0 Å². The Kier molecular flexibility index (Phi) is 10.1. The third-order valence-corrected chi connectivity index (χ3v) is 8.03. The van der Waals surface area contributed by atoms with Crippen LogP contribution in [0.15, 0.2) is 83.8 Å². The first-order valence-corrected chi connectivity index (χ1v) is 14.3. The summed E-state index contributed by atoms with van der Waals surface area (Å²) in [6.45, 7) is 7.54. The molecular formula is C30H37N3O5S. The lowest BCUT2D eigenvalue weighted by atomic mass is 10.1. The van der Waals surface area contributed by atoms with Crippen LogP contribution in [0.25, 0.3) is 0 Å². The number of rotatable bonds is 12. The Morgan fingerprint density at radius 2 is 1.54 bits per heavy atom. The van der Waals surface area contributed by atoms with Crippen LogP contribution in [-0.4, -0.2) is 51.4 Å². The van der Waals surface area contributed by atoms with Gasteiger partial charge in [0.05, 0.1) is 17.7 Å². The van der Waals surface area contributed by atoms with Crippen LogP contribution in [0.1, 0.15) is 31.9 Å². The van der Waals surface area contributed by atoms with E-state index in [4.69, 9.17) is 4.74 Å². The number of carbonyl (C=O) groups excluding carboxylic acids is 2. The summed E-state index contributed by atoms with van der Waals surface area (Å²) in [5, 5.41) is 2.89. The molecule has 3 aromatic rings. The molecule has 3 aromatic carbocycles. The molecule has 9 heteroatoms. The summed E-state index contributed by atoms with van der Waals surface area (Å²) in [5.41, 5.74) is 1.86. The number of ether oxygens (including phenoxy) is 1. The van der Waals surface area contributed by atoms with E-state index in [0.717, 1.165) is 15.4 Å². The monoisotopic (exact) mass is 551 g/mol. The van der Waals surface area contributed by atoms with Crippen molar-refractivity contribution in [2.24, 2.45) is 5.92 Å². The quantitative estimate of drug-likeness (QED) is 0.360. The fraction of sp³-hybridized carbons (Fsp3) is 0.333. The minimum absolute atomic E-state index is 0.0405. The number of sulfonamides is 1. The molecule has 8 nitrogen and oxygen atoms in total. The van der Waals surface area contributed by atoms with E-state index in [9.17, 15) is 18.0 Å². The smallest absolute Gasteiger partial charge is 0.264 e. The Balaban J connectivity index is 2.05. The molecule has 0 aliphatic heterocycles. The van der Waals surface area contributed by atoms with Gasteiger partial charge in [0, 0.05) is 13.1 Å². The van der Waals surface area contributed by atoms with Gasteiger partial charge in [0.2, 0.25) is 11.8 Å². The van der Waals surface area contributed by atoms with E-state index in [-0.39, 0.29) is 29.0 Å². The second kappa shape index (κ2) is 13.3. The lowest BCUT2D eigenvalue weighted by Gasteiger charge is -2.32. The predicted molar refractivity (Wildman–Crippen MR) is 153 cm³/mol. The van der Waals surface area contributed by atoms with E-state index in [1.807, 2.05) is 51.1 Å². The van der Waals surface area contributed by atoms with Crippen molar-refractivity contribution in [2.75, 3.05) is 24.5 Å². The van der Waals surface area contributed by atoms with E-state index < -0.39 is 28.5 Å². The Morgan fingerprint density at radius 3 is 2.13 bits per heavy atom. The first-order valence-electron chi connectivity index (χ1n) is 12.9. The SMILES string of the molecule is COc1ccc(C)cc1N(CC(=O)N(Cc1ccccc1)C(C)C(=O)NCC(C)C)S(=O)(=O)c1ccccc1. The van der Waals surface area contributed by atoms with E-state index in [0.29, 0.717) is 12.3 Å². The predicted octanol–water partition coefficient (Wildman–Crippen LogP) is 4.39. The highest BCUT2D eigenvalue weighted by molar-refractivity contribution is 7.92. The molecule has 1 N–H and O–H groups in total. The number of nitrogens with one attached hydrogen (secondary N) is 1. The topological polar surface area (TPSA) is 96.0 Å². The highest BCUT2D eigenvalue weighted by atomic mass is 32.2. The molecule has 0 bridgehead atoms. The molecule has 0 saturated heterocycles. The molecule has 208 valence electrons. The Morgan fingerprint density at radius 1 is 0.923 bits per heavy atom. The summed E-state index contributed by atoms with van der Waals surface area (Å²) in [5.74, 6) is -0.280. The minimum atomic E-state index is -4.17. The number of aryl methyl sites for hydroxylation is 1. The summed E-state index contributed by atoms with van der Waals surface area (Å²) in [6, 6.07) is 21.6. The lowest BCUT2D eigenvalue weighted by molar-refractivity contribution is -0.139. The van der Waals surface area contributed by atoms with E-state index >= 15 is 0 Å². The normalized spacial score (nSPS) is 12.1. The third kappa shape index (κ3) is 7.60. The number of benzene rings is 3. The van der Waals surface area contributed by atoms with Crippen molar-refractivity contribution in [1.82, 2.24) is 10.2 Å². The van der Waals surface area contributed by atoms with Crippen LogP contribution in [0.2, 0.25) is 0 Å². The summed E-state index contributed by atoms with van der Waals surface area (Å²) in [7, 11) is -2.72. The van der Waals surface area contributed by atoms with Crippen molar-refractivity contribution in [1.29, 1.82) is 0 Å². The number of nitrogens with zero attached hydrogens (tertiary/aromatic N) is 2. The van der Waals surface area contributed by atoms with Gasteiger partial charge in [-0.25, -0.2) is 8.42 Å². The van der Waals surface area contributed by atoms with Crippen LogP contribution in [0.5, 0.6) is 5.75 Å². The van der Waals surface area contributed by atoms with Gasteiger partial charge in [0.1, 0.15) is 18.3 Å². The van der Waals surface area contributed by atoms with Gasteiger partial charge in [-0.05, 0) is 55.2 Å². The van der Waals surface area contributed by atoms with Crippen LogP contribution >= 0.6 is 0 Å². The zero-order valence-electron chi connectivity index (χ0n) is 23.1. The molecule has 0 spiro atoms. The maximum atomic E-state index is 14.0. The fourth-order valence-corrected chi connectivity index (χ4v) is 5.48. The second-order valence-electron chi connectivity index (χ2n) is 9.82. The summed E-state index contributed by atoms with van der Waals surface area (Å²) >= 11 is 0. The molecule has 0 radical (unpaired) electrons. The Labute approximate surface area is 231 Å². The van der Waals surface area contributed by atoms with E-state index in [2.05, 4.69) is 5.32 Å². The molecular weight excluding hydrogens is 514 g/mol. The largest absolute Gasteiger partial charge is 0.495 e. The number of methoxy groups -OCH3 is 1. The molecule has 1 unspecified atom stereocenters. The highest BCUT2D eigenvalue weighted by Crippen LogP contribution is 2.33. The number of amides is 2. The molecule has 3 rings (SSSR count). The third-order valence-electron chi connectivity index (χ3n) is 6.26. The molecule has 0 aliphatic rings. The first kappa shape index (κ1) is 29.7. The van der Waals surface area contributed by atoms with Gasteiger partial charge < -0.3 is 15.0 Å². The lowest BCUT2D eigenvalue weighted by Crippen LogP contribution is -2.51. The van der Waals surface area contributed by atoms with E-state index in [1.165, 1.54) is 24.1 Å². The number of carbonyl (C=O) groups is 2. The number of hydrogen-bond acceptors (Lipinski definition) is 5. The highest BCUT2D eigenvalue weighted by Gasteiger charge is 2.33. The molecule has 0 aromatic heterocycles. The first-order chi connectivity index (χ1) is 18.5. The van der Waals surface area contributed by atoms with Gasteiger partial charge >= 0.3 is 0 Å². The van der Waals surface area contributed by atoms with Crippen molar-refractivity contribution in [3.8, 4) is 5.75 Å². The number of anilines is 1. The molecule has 0 aliphatic carbocycles. The van der Waals surface area contributed by atoms with Crippen LogP contribution in [0.3, 0.4) is 0 Å². The van der Waals surface area contributed by atoms with Crippen molar-refractivity contribution in [2.45, 2.75) is 45.2 Å². The molecule has 1 atom stereocenters. The summed E-state index contributed by atoms with van der Waals surface area (Å²) < 4.78 is 34.4. The van der Waals surface area contributed by atoms with Crippen LogP contribution < -0.4 is 14.4 Å². The molecule has 2 amide bonds. The zero-order chi connectivity index (χ0) is 28.6. The molecule has 0 heterocycles. The molecule has 0 fully saturated rings. The van der Waals surface area contributed by atoms with Crippen LogP contribution in [0.4, 0.5) is 5.69 Å². The standard InChI is InChI=1S/C30H37N3O5S/c1-22(2)19-31-30(35)24(4)32(20-25-12-8-6-9-13-25)29(34)21-33(27-18-23(3)16-17-28(27)38-5)39(36,37)26-14-10-7-11-15-26/h6-18,22,24H,19-21H2,1-5H3,(H,31,35). The maximum absolute atomic E-state index is 14.0. The second-order valence-corrected chi connectivity index (χ2v) is 11.7. The van der Waals surface area contributed by atoms with Crippen molar-refractivity contribution in [3.05, 3.63) is 90.0 Å². The van der Waals surface area contributed by atoms with Crippen molar-refractivity contribution in [3.63, 3.8) is 0 Å². The molecule has 39 heavy (non-hydrogen) atoms. The van der Waals surface area contributed by atoms with Gasteiger partial charge in [-0.2, -0.15) is 0 Å². The Hall–Kier alpha value is -3.85. The van der Waals surface area contributed by atoms with E-state index in [1.54, 1.807) is 43.3 Å². The van der Waals surface area contributed by atoms with Crippen molar-refractivity contribution < 1.29 is 22.7 Å². The van der Waals surface area contributed by atoms with Crippen LogP contribution in [-0.2, 0) is 26.2 Å². The van der Waals surface area contributed by atoms with Gasteiger partial charge in [-0.1, -0.05) is 68.4 Å². The van der Waals surface area contributed by atoms with Gasteiger partial charge in [-0.3, -0.25) is 13.9 Å². The molecule has 0 saturated carbocycles. The number of hydrogen-bond donors (Lipinski definition) is 1. The average Bonchev–Trinajstić information content (AvgIpc) is 2.93. The van der Waals surface area contributed by atoms with Gasteiger partial charge in [0.15, 0.2) is 0 Å².